The van der Waals surface area contributed by atoms with E-state index in [9.17, 15) is 0 Å². The molecular formula is C19H14V. The molecule has 20 heavy (non-hydrogen) atoms. The summed E-state index contributed by atoms with van der Waals surface area (Å²) < 4.78 is 0. The third-order valence-electron chi connectivity index (χ3n) is 3.22. The molecule has 1 aliphatic carbocycles. The van der Waals surface area contributed by atoms with Gasteiger partial charge in [-0.25, -0.2) is 0 Å². The Morgan fingerprint density at radius 3 is 2.15 bits per heavy atom. The van der Waals surface area contributed by atoms with Gasteiger partial charge >= 0.3 is 18.6 Å². The minimum atomic E-state index is 0. The first kappa shape index (κ1) is 14.6. The predicted molar refractivity (Wildman–Crippen MR) is 78.8 cm³/mol. The second-order valence-electron chi connectivity index (χ2n) is 4.47. The van der Waals surface area contributed by atoms with E-state index in [0.717, 1.165) is 6.42 Å². The fraction of sp³-hybridized carbons (Fsp3) is 0.0526. The molecule has 0 fully saturated rings. The molecule has 0 aliphatic heterocycles. The molecule has 95 valence electrons. The maximum atomic E-state index is 3.30. The SMILES string of the molecule is [V+2].[c-]1cccc2c1Cc1ccccc1-2.[c-]1ccccc1. The first-order valence-corrected chi connectivity index (χ1v) is 6.44. The normalized spacial score (nSPS) is 10.4. The molecule has 1 radical (unpaired) electrons. The Labute approximate surface area is 132 Å². The van der Waals surface area contributed by atoms with Crippen LogP contribution < -0.4 is 0 Å². The number of hydrogen-bond donors (Lipinski definition) is 0. The summed E-state index contributed by atoms with van der Waals surface area (Å²) in [6.45, 7) is 0. The fourth-order valence-electron chi connectivity index (χ4n) is 2.34. The van der Waals surface area contributed by atoms with Crippen molar-refractivity contribution in [3.05, 3.63) is 96.1 Å². The topological polar surface area (TPSA) is 0 Å². The van der Waals surface area contributed by atoms with Crippen LogP contribution in [0.25, 0.3) is 11.1 Å². The Hall–Kier alpha value is -1.76. The second kappa shape index (κ2) is 7.14. The molecule has 1 aliphatic rings. The van der Waals surface area contributed by atoms with Crippen molar-refractivity contribution < 1.29 is 18.6 Å². The van der Waals surface area contributed by atoms with Crippen LogP contribution in [0.2, 0.25) is 0 Å². The first-order chi connectivity index (χ1) is 9.45. The first-order valence-electron chi connectivity index (χ1n) is 6.44. The third-order valence-corrected chi connectivity index (χ3v) is 3.22. The van der Waals surface area contributed by atoms with Crippen molar-refractivity contribution in [2.75, 3.05) is 0 Å². The van der Waals surface area contributed by atoms with Crippen LogP contribution in [0.4, 0.5) is 0 Å². The molecule has 0 saturated carbocycles. The summed E-state index contributed by atoms with van der Waals surface area (Å²) in [6, 6.07) is 30.6. The summed E-state index contributed by atoms with van der Waals surface area (Å²) >= 11 is 0. The smallest absolute Gasteiger partial charge is 0.184 e. The molecule has 4 rings (SSSR count). The van der Waals surface area contributed by atoms with Gasteiger partial charge in [-0.15, -0.1) is 5.56 Å². The Kier molecular flexibility index (Phi) is 5.23. The van der Waals surface area contributed by atoms with Crippen molar-refractivity contribution in [2.24, 2.45) is 0 Å². The van der Waals surface area contributed by atoms with Crippen LogP contribution >= 0.6 is 0 Å². The average molecular weight is 293 g/mol. The molecule has 0 unspecified atom stereocenters. The molecule has 0 bridgehead atoms. The summed E-state index contributed by atoms with van der Waals surface area (Å²) in [6.07, 6.45) is 1.05. The van der Waals surface area contributed by atoms with Gasteiger partial charge in [-0.1, -0.05) is 35.4 Å². The number of benzene rings is 3. The zero-order valence-corrected chi connectivity index (χ0v) is 12.5. The zero-order valence-electron chi connectivity index (χ0n) is 11.1. The second-order valence-corrected chi connectivity index (χ2v) is 4.47. The van der Waals surface area contributed by atoms with Crippen LogP contribution in [0.3, 0.4) is 0 Å². The predicted octanol–water partition coefficient (Wildman–Crippen LogP) is 4.54. The Balaban J connectivity index is 0.000000180. The molecule has 0 atom stereocenters. The van der Waals surface area contributed by atoms with Crippen LogP contribution in [-0.2, 0) is 25.0 Å². The van der Waals surface area contributed by atoms with Gasteiger partial charge in [0.1, 0.15) is 0 Å². The fourth-order valence-corrected chi connectivity index (χ4v) is 2.34. The Morgan fingerprint density at radius 2 is 1.45 bits per heavy atom. The molecule has 0 aromatic heterocycles. The molecule has 0 amide bonds. The molecule has 0 saturated heterocycles. The van der Waals surface area contributed by atoms with Crippen LogP contribution in [0.15, 0.2) is 72.8 Å². The summed E-state index contributed by atoms with van der Waals surface area (Å²) in [5.41, 5.74) is 5.51. The van der Waals surface area contributed by atoms with Crippen LogP contribution in [-0.4, -0.2) is 0 Å². The van der Waals surface area contributed by atoms with Crippen molar-refractivity contribution in [1.29, 1.82) is 0 Å². The van der Waals surface area contributed by atoms with Gasteiger partial charge in [-0.05, 0) is 6.42 Å². The minimum Gasteiger partial charge on any atom is -0.184 e. The molecule has 0 nitrogen and oxygen atoms in total. The van der Waals surface area contributed by atoms with E-state index >= 15 is 0 Å². The van der Waals surface area contributed by atoms with Crippen LogP contribution in [0.1, 0.15) is 11.1 Å². The molecule has 0 heterocycles. The third kappa shape index (κ3) is 3.22. The van der Waals surface area contributed by atoms with Crippen molar-refractivity contribution in [3.8, 4) is 11.1 Å². The van der Waals surface area contributed by atoms with Gasteiger partial charge in [-0.2, -0.15) is 66.2 Å². The van der Waals surface area contributed by atoms with Crippen LogP contribution in [0, 0.1) is 12.1 Å². The van der Waals surface area contributed by atoms with Crippen molar-refractivity contribution in [2.45, 2.75) is 6.42 Å². The molecule has 0 spiro atoms. The quantitative estimate of drug-likeness (QED) is 0.417. The van der Waals surface area contributed by atoms with Gasteiger partial charge < -0.3 is 0 Å². The Morgan fingerprint density at radius 1 is 0.700 bits per heavy atom. The molecule has 3 aromatic carbocycles. The largest absolute Gasteiger partial charge is 2.00 e. The molecule has 1 heteroatoms. The van der Waals surface area contributed by atoms with Crippen molar-refractivity contribution in [1.82, 2.24) is 0 Å². The Bertz CT molecular complexity index is 589. The van der Waals surface area contributed by atoms with Gasteiger partial charge in [0.15, 0.2) is 0 Å². The maximum absolute atomic E-state index is 3.30. The van der Waals surface area contributed by atoms with E-state index in [4.69, 9.17) is 0 Å². The summed E-state index contributed by atoms with van der Waals surface area (Å²) in [5, 5.41) is 0. The van der Waals surface area contributed by atoms with E-state index in [1.807, 2.05) is 36.4 Å². The zero-order chi connectivity index (χ0) is 12.9. The monoisotopic (exact) mass is 293 g/mol. The molecule has 3 aromatic rings. The number of fused-ring (bicyclic) bond motifs is 3. The van der Waals surface area contributed by atoms with E-state index in [0.29, 0.717) is 0 Å². The molecular weight excluding hydrogens is 279 g/mol. The number of hydrogen-bond acceptors (Lipinski definition) is 0. The summed E-state index contributed by atoms with van der Waals surface area (Å²) in [4.78, 5) is 0. The van der Waals surface area contributed by atoms with E-state index < -0.39 is 0 Å². The van der Waals surface area contributed by atoms with E-state index in [1.165, 1.54) is 22.3 Å². The number of rotatable bonds is 0. The molecule has 0 N–H and O–H groups in total. The maximum Gasteiger partial charge on any atom is 2.00 e. The van der Waals surface area contributed by atoms with E-state index in [-0.39, 0.29) is 18.6 Å². The van der Waals surface area contributed by atoms with E-state index in [2.05, 4.69) is 48.5 Å². The summed E-state index contributed by atoms with van der Waals surface area (Å²) in [5.74, 6) is 0. The van der Waals surface area contributed by atoms with Crippen molar-refractivity contribution in [3.63, 3.8) is 0 Å². The summed E-state index contributed by atoms with van der Waals surface area (Å²) in [7, 11) is 0. The van der Waals surface area contributed by atoms with Gasteiger partial charge in [-0.3, -0.25) is 0 Å². The van der Waals surface area contributed by atoms with Gasteiger partial charge in [0.05, 0.1) is 0 Å². The van der Waals surface area contributed by atoms with Crippen LogP contribution in [0.5, 0.6) is 0 Å². The van der Waals surface area contributed by atoms with Gasteiger partial charge in [0.25, 0.3) is 0 Å². The standard InChI is InChI=1S/C13H9.C6H5.V/c1-3-7-12-10(5-1)9-11-6-2-4-8-13(11)12;1-2-4-6-5-3-1;/h1-5,7-8H,9H2;1-5H;/q2*-1;+2. The minimum absolute atomic E-state index is 0. The van der Waals surface area contributed by atoms with Gasteiger partial charge in [0.2, 0.25) is 0 Å². The van der Waals surface area contributed by atoms with E-state index in [1.54, 1.807) is 0 Å². The van der Waals surface area contributed by atoms with Gasteiger partial charge in [0, 0.05) is 0 Å². The van der Waals surface area contributed by atoms with Crippen molar-refractivity contribution >= 4 is 0 Å². The average Bonchev–Trinajstić information content (AvgIpc) is 2.88.